The van der Waals surface area contributed by atoms with Crippen LogP contribution in [0.4, 0.5) is 11.4 Å². The first-order chi connectivity index (χ1) is 13.0. The molecule has 27 heavy (non-hydrogen) atoms. The Hall–Kier alpha value is -2.57. The van der Waals surface area contributed by atoms with Crippen molar-refractivity contribution in [1.82, 2.24) is 5.32 Å². The third kappa shape index (κ3) is 4.99. The van der Waals surface area contributed by atoms with Gasteiger partial charge in [-0.3, -0.25) is 14.4 Å². The highest BCUT2D eigenvalue weighted by atomic mass is 16.2. The van der Waals surface area contributed by atoms with Crippen molar-refractivity contribution in [2.45, 2.75) is 38.5 Å². The average molecular weight is 372 g/mol. The van der Waals surface area contributed by atoms with Gasteiger partial charge in [0.1, 0.15) is 0 Å². The molecule has 7 nitrogen and oxygen atoms in total. The molecule has 0 unspecified atom stereocenters. The Balaban J connectivity index is 1.55. The molecule has 4 N–H and O–H groups in total. The highest BCUT2D eigenvalue weighted by molar-refractivity contribution is 5.97. The van der Waals surface area contributed by atoms with Gasteiger partial charge in [-0.05, 0) is 37.8 Å². The molecule has 1 saturated heterocycles. The molecule has 1 aromatic rings. The Morgan fingerprint density at radius 3 is 2.33 bits per heavy atom. The molecule has 1 aromatic carbocycles. The third-order valence-electron chi connectivity index (χ3n) is 5.57. The standard InChI is InChI=1S/C20H28N4O3/c21-19(26)14-9-11-24(12-10-14)17-8-4-3-7-16(17)23-18(25)13-22-20(27)15-5-1-2-6-15/h3-4,7-8,14-15H,1-2,5-6,9-13H2,(H2,21,26)(H,22,27)(H,23,25). The lowest BCUT2D eigenvalue weighted by atomic mass is 9.96. The fourth-order valence-electron chi connectivity index (χ4n) is 3.95. The van der Waals surface area contributed by atoms with E-state index < -0.39 is 0 Å². The first kappa shape index (κ1) is 19.2. The summed E-state index contributed by atoms with van der Waals surface area (Å²) < 4.78 is 0. The summed E-state index contributed by atoms with van der Waals surface area (Å²) in [5, 5.41) is 5.65. The van der Waals surface area contributed by atoms with E-state index in [9.17, 15) is 14.4 Å². The maximum absolute atomic E-state index is 12.3. The van der Waals surface area contributed by atoms with Crippen molar-refractivity contribution in [3.8, 4) is 0 Å². The van der Waals surface area contributed by atoms with Gasteiger partial charge in [0, 0.05) is 24.9 Å². The number of nitrogens with one attached hydrogen (secondary N) is 2. The van der Waals surface area contributed by atoms with Crippen LogP contribution in [0.25, 0.3) is 0 Å². The fourth-order valence-corrected chi connectivity index (χ4v) is 3.95. The molecule has 1 saturated carbocycles. The number of hydrogen-bond acceptors (Lipinski definition) is 4. The maximum atomic E-state index is 12.3. The lowest BCUT2D eigenvalue weighted by Gasteiger charge is -2.33. The number of benzene rings is 1. The first-order valence-corrected chi connectivity index (χ1v) is 9.75. The second kappa shape index (κ2) is 8.88. The molecular formula is C20H28N4O3. The minimum absolute atomic E-state index is 0.0204. The summed E-state index contributed by atoms with van der Waals surface area (Å²) in [7, 11) is 0. The molecule has 2 aliphatic rings. The number of nitrogens with zero attached hydrogens (tertiary/aromatic N) is 1. The van der Waals surface area contributed by atoms with Crippen LogP contribution in [0.15, 0.2) is 24.3 Å². The van der Waals surface area contributed by atoms with Crippen LogP contribution in [-0.4, -0.2) is 37.4 Å². The number of amides is 3. The third-order valence-corrected chi connectivity index (χ3v) is 5.57. The van der Waals surface area contributed by atoms with Crippen LogP contribution in [-0.2, 0) is 14.4 Å². The van der Waals surface area contributed by atoms with Crippen molar-refractivity contribution in [3.63, 3.8) is 0 Å². The summed E-state index contributed by atoms with van der Waals surface area (Å²) in [5.74, 6) is -0.523. The van der Waals surface area contributed by atoms with Gasteiger partial charge in [0.2, 0.25) is 17.7 Å². The molecule has 7 heteroatoms. The lowest BCUT2D eigenvalue weighted by Crippen LogP contribution is -2.39. The summed E-state index contributed by atoms with van der Waals surface area (Å²) in [5.41, 5.74) is 7.05. The zero-order chi connectivity index (χ0) is 19.2. The number of rotatable bonds is 6. The molecule has 3 amide bonds. The van der Waals surface area contributed by atoms with Crippen LogP contribution in [0.3, 0.4) is 0 Å². The van der Waals surface area contributed by atoms with Gasteiger partial charge in [-0.25, -0.2) is 0 Å². The van der Waals surface area contributed by atoms with Crippen molar-refractivity contribution in [3.05, 3.63) is 24.3 Å². The van der Waals surface area contributed by atoms with E-state index in [0.29, 0.717) is 0 Å². The number of anilines is 2. The smallest absolute Gasteiger partial charge is 0.243 e. The number of carbonyl (C=O) groups excluding carboxylic acids is 3. The van der Waals surface area contributed by atoms with E-state index in [0.717, 1.165) is 63.0 Å². The van der Waals surface area contributed by atoms with Gasteiger partial charge in [0.15, 0.2) is 0 Å². The molecule has 0 aromatic heterocycles. The van der Waals surface area contributed by atoms with Gasteiger partial charge in [-0.2, -0.15) is 0 Å². The number of piperidine rings is 1. The number of hydrogen-bond donors (Lipinski definition) is 3. The lowest BCUT2D eigenvalue weighted by molar-refractivity contribution is -0.127. The summed E-state index contributed by atoms with van der Waals surface area (Å²) in [4.78, 5) is 37.9. The van der Waals surface area contributed by atoms with Crippen LogP contribution in [0.1, 0.15) is 38.5 Å². The molecule has 0 atom stereocenters. The topological polar surface area (TPSA) is 105 Å². The monoisotopic (exact) mass is 372 g/mol. The minimum Gasteiger partial charge on any atom is -0.370 e. The zero-order valence-electron chi connectivity index (χ0n) is 15.6. The molecule has 0 radical (unpaired) electrons. The number of primary amides is 1. The predicted molar refractivity (Wildman–Crippen MR) is 104 cm³/mol. The highest BCUT2D eigenvalue weighted by Gasteiger charge is 2.25. The molecular weight excluding hydrogens is 344 g/mol. The molecule has 1 heterocycles. The predicted octanol–water partition coefficient (Wildman–Crippen LogP) is 1.63. The second-order valence-electron chi connectivity index (χ2n) is 7.43. The van der Waals surface area contributed by atoms with Gasteiger partial charge in [-0.15, -0.1) is 0 Å². The van der Waals surface area contributed by atoms with Crippen molar-refractivity contribution in [2.24, 2.45) is 17.6 Å². The number of para-hydroxylation sites is 2. The molecule has 0 spiro atoms. The van der Waals surface area contributed by atoms with E-state index in [4.69, 9.17) is 5.73 Å². The first-order valence-electron chi connectivity index (χ1n) is 9.75. The van der Waals surface area contributed by atoms with E-state index >= 15 is 0 Å². The molecule has 3 rings (SSSR count). The quantitative estimate of drug-likeness (QED) is 0.706. The Bertz CT molecular complexity index is 692. The van der Waals surface area contributed by atoms with Gasteiger partial charge in [-0.1, -0.05) is 25.0 Å². The van der Waals surface area contributed by atoms with Gasteiger partial charge in [0.25, 0.3) is 0 Å². The summed E-state index contributed by atoms with van der Waals surface area (Å²) in [6, 6.07) is 7.60. The largest absolute Gasteiger partial charge is 0.370 e. The fraction of sp³-hybridized carbons (Fsp3) is 0.550. The molecule has 1 aliphatic carbocycles. The Morgan fingerprint density at radius 1 is 1.00 bits per heavy atom. The molecule has 1 aliphatic heterocycles. The summed E-state index contributed by atoms with van der Waals surface area (Å²) in [6.45, 7) is 1.42. The molecule has 146 valence electrons. The van der Waals surface area contributed by atoms with Crippen LogP contribution in [0.5, 0.6) is 0 Å². The minimum atomic E-state index is -0.241. The van der Waals surface area contributed by atoms with Crippen molar-refractivity contribution in [1.29, 1.82) is 0 Å². The summed E-state index contributed by atoms with van der Waals surface area (Å²) >= 11 is 0. The van der Waals surface area contributed by atoms with Crippen LogP contribution in [0.2, 0.25) is 0 Å². The molecule has 0 bridgehead atoms. The van der Waals surface area contributed by atoms with Crippen molar-refractivity contribution in [2.75, 3.05) is 29.9 Å². The van der Waals surface area contributed by atoms with Gasteiger partial charge in [0.05, 0.1) is 17.9 Å². The van der Waals surface area contributed by atoms with E-state index in [1.165, 1.54) is 0 Å². The van der Waals surface area contributed by atoms with Crippen LogP contribution in [0, 0.1) is 11.8 Å². The summed E-state index contributed by atoms with van der Waals surface area (Å²) in [6.07, 6.45) is 5.44. The van der Waals surface area contributed by atoms with Crippen molar-refractivity contribution >= 4 is 29.1 Å². The maximum Gasteiger partial charge on any atom is 0.243 e. The van der Waals surface area contributed by atoms with E-state index in [-0.39, 0.29) is 36.1 Å². The Labute approximate surface area is 159 Å². The Kier molecular flexibility index (Phi) is 6.32. The van der Waals surface area contributed by atoms with Gasteiger partial charge >= 0.3 is 0 Å². The normalized spacial score (nSPS) is 18.3. The molecule has 2 fully saturated rings. The zero-order valence-corrected chi connectivity index (χ0v) is 15.6. The van der Waals surface area contributed by atoms with Crippen molar-refractivity contribution < 1.29 is 14.4 Å². The van der Waals surface area contributed by atoms with E-state index in [1.807, 2.05) is 24.3 Å². The number of carbonyl (C=O) groups is 3. The second-order valence-corrected chi connectivity index (χ2v) is 7.43. The number of nitrogens with two attached hydrogens (primary N) is 1. The SMILES string of the molecule is NC(=O)C1CCN(c2ccccc2NC(=O)CNC(=O)C2CCCC2)CC1. The highest BCUT2D eigenvalue weighted by Crippen LogP contribution is 2.29. The van der Waals surface area contributed by atoms with Gasteiger partial charge < -0.3 is 21.3 Å². The van der Waals surface area contributed by atoms with Crippen LogP contribution >= 0.6 is 0 Å². The van der Waals surface area contributed by atoms with E-state index in [1.54, 1.807) is 0 Å². The van der Waals surface area contributed by atoms with E-state index in [2.05, 4.69) is 15.5 Å². The average Bonchev–Trinajstić information content (AvgIpc) is 3.21. The van der Waals surface area contributed by atoms with Crippen LogP contribution < -0.4 is 21.3 Å². The Morgan fingerprint density at radius 2 is 1.67 bits per heavy atom.